The maximum atomic E-state index is 6.00. The summed E-state index contributed by atoms with van der Waals surface area (Å²) in [5.41, 5.74) is 8.65. The van der Waals surface area contributed by atoms with Crippen molar-refractivity contribution in [2.75, 3.05) is 32.8 Å². The molecule has 0 aliphatic carbocycles. The molecule has 1 aromatic heterocycles. The third-order valence-corrected chi connectivity index (χ3v) is 6.10. The fourth-order valence-electron chi connectivity index (χ4n) is 3.91. The molecule has 1 saturated heterocycles. The second kappa shape index (κ2) is 11.4. The summed E-state index contributed by atoms with van der Waals surface area (Å²) < 4.78 is 17.5. The molecular weight excluding hydrogens is 428 g/mol. The van der Waals surface area contributed by atoms with E-state index in [4.69, 9.17) is 19.9 Å². The lowest BCUT2D eigenvalue weighted by Gasteiger charge is -2.26. The van der Waals surface area contributed by atoms with E-state index in [1.54, 1.807) is 6.20 Å². The molecule has 34 heavy (non-hydrogen) atoms. The highest BCUT2D eigenvalue weighted by Gasteiger charge is 2.23. The first-order chi connectivity index (χ1) is 16.6. The van der Waals surface area contributed by atoms with Crippen LogP contribution in [-0.2, 0) is 16.8 Å². The number of hydrogen-bond acceptors (Lipinski definition) is 7. The molecule has 1 aliphatic rings. The smallest absolute Gasteiger partial charge is 0.158 e. The molecule has 0 saturated carbocycles. The summed E-state index contributed by atoms with van der Waals surface area (Å²) in [5.74, 6) is 2.37. The third kappa shape index (κ3) is 6.11. The summed E-state index contributed by atoms with van der Waals surface area (Å²) in [7, 11) is 0. The molecule has 180 valence electrons. The van der Waals surface area contributed by atoms with E-state index in [2.05, 4.69) is 53.4 Å². The van der Waals surface area contributed by atoms with E-state index in [-0.39, 0.29) is 11.5 Å². The molecule has 1 aliphatic heterocycles. The van der Waals surface area contributed by atoms with Crippen LogP contribution in [0.1, 0.15) is 49.0 Å². The Bertz CT molecular complexity index is 1030. The van der Waals surface area contributed by atoms with Gasteiger partial charge in [0, 0.05) is 24.7 Å². The summed E-state index contributed by atoms with van der Waals surface area (Å²) in [6, 6.07) is 18.4. The molecule has 0 spiro atoms. The number of morpholine rings is 1. The van der Waals surface area contributed by atoms with Gasteiger partial charge >= 0.3 is 0 Å². The van der Waals surface area contributed by atoms with Gasteiger partial charge in [-0.2, -0.15) is 0 Å². The Morgan fingerprint density at radius 2 is 1.68 bits per heavy atom. The van der Waals surface area contributed by atoms with E-state index >= 15 is 0 Å². The van der Waals surface area contributed by atoms with Crippen molar-refractivity contribution in [3.63, 3.8) is 0 Å². The van der Waals surface area contributed by atoms with Gasteiger partial charge in [0.05, 0.1) is 18.9 Å². The summed E-state index contributed by atoms with van der Waals surface area (Å²) in [5, 5.41) is 3.31. The van der Waals surface area contributed by atoms with Crippen molar-refractivity contribution >= 4 is 0 Å². The van der Waals surface area contributed by atoms with E-state index < -0.39 is 0 Å². The second-order valence-electron chi connectivity index (χ2n) is 8.92. The zero-order valence-corrected chi connectivity index (χ0v) is 20.0. The zero-order chi connectivity index (χ0) is 23.8. The molecule has 1 unspecified atom stereocenters. The largest absolute Gasteiger partial charge is 0.494 e. The van der Waals surface area contributed by atoms with Crippen molar-refractivity contribution in [1.29, 1.82) is 0 Å². The first-order valence-electron chi connectivity index (χ1n) is 11.9. The molecule has 3 N–H and O–H groups in total. The van der Waals surface area contributed by atoms with E-state index in [0.717, 1.165) is 36.7 Å². The lowest BCUT2D eigenvalue weighted by Crippen LogP contribution is -2.34. The Morgan fingerprint density at radius 1 is 1.00 bits per heavy atom. The average molecular weight is 463 g/mol. The van der Waals surface area contributed by atoms with Crippen LogP contribution in [0.25, 0.3) is 0 Å². The number of hydrogen-bond donors (Lipinski definition) is 2. The van der Waals surface area contributed by atoms with E-state index in [0.29, 0.717) is 32.2 Å². The quantitative estimate of drug-likeness (QED) is 0.443. The van der Waals surface area contributed by atoms with Gasteiger partial charge in [-0.25, -0.2) is 9.97 Å². The monoisotopic (exact) mass is 462 g/mol. The fraction of sp³-hybridized carbons (Fsp3) is 0.407. The molecule has 4 rings (SSSR count). The molecular formula is C27H34N4O3. The Balaban J connectivity index is 1.36. The predicted molar refractivity (Wildman–Crippen MR) is 132 cm³/mol. The van der Waals surface area contributed by atoms with Gasteiger partial charge in [0.25, 0.3) is 0 Å². The van der Waals surface area contributed by atoms with Gasteiger partial charge in [-0.1, -0.05) is 38.1 Å². The second-order valence-corrected chi connectivity index (χ2v) is 8.92. The van der Waals surface area contributed by atoms with Gasteiger partial charge in [0.1, 0.15) is 24.2 Å². The standard InChI is InChI=1S/C27H34N4O3/c1-27(2,20-4-8-23(9-5-20)32-16-3-13-28)21-6-10-24(11-7-21)34-19-22-12-14-30-26(31-22)25-18-29-15-17-33-25/h4-12,14,25,29H,3,13,15-19,28H2,1-2H3. The topological polar surface area (TPSA) is 91.5 Å². The van der Waals surface area contributed by atoms with Crippen molar-refractivity contribution in [3.05, 3.63) is 83.4 Å². The first kappa shape index (κ1) is 24.1. The van der Waals surface area contributed by atoms with Gasteiger partial charge in [0.15, 0.2) is 5.82 Å². The summed E-state index contributed by atoms with van der Waals surface area (Å²) in [6.07, 6.45) is 2.51. The van der Waals surface area contributed by atoms with Crippen LogP contribution in [0.3, 0.4) is 0 Å². The van der Waals surface area contributed by atoms with Crippen LogP contribution in [0.2, 0.25) is 0 Å². The number of ether oxygens (including phenoxy) is 3. The predicted octanol–water partition coefficient (Wildman–Crippen LogP) is 3.77. The van der Waals surface area contributed by atoms with Crippen LogP contribution in [-0.4, -0.2) is 42.8 Å². The normalized spacial score (nSPS) is 16.3. The number of benzene rings is 2. The summed E-state index contributed by atoms with van der Waals surface area (Å²) in [4.78, 5) is 8.99. The highest BCUT2D eigenvalue weighted by atomic mass is 16.5. The molecule has 2 heterocycles. The number of nitrogens with two attached hydrogens (primary N) is 1. The highest BCUT2D eigenvalue weighted by Crippen LogP contribution is 2.33. The minimum atomic E-state index is -0.149. The third-order valence-electron chi connectivity index (χ3n) is 6.10. The van der Waals surface area contributed by atoms with Crippen molar-refractivity contribution in [2.45, 2.75) is 38.4 Å². The van der Waals surface area contributed by atoms with Gasteiger partial charge < -0.3 is 25.3 Å². The van der Waals surface area contributed by atoms with Crippen molar-refractivity contribution in [1.82, 2.24) is 15.3 Å². The van der Waals surface area contributed by atoms with Gasteiger partial charge in [-0.05, 0) is 54.4 Å². The number of aromatic nitrogens is 2. The van der Waals surface area contributed by atoms with Gasteiger partial charge in [-0.3, -0.25) is 0 Å². The number of rotatable bonds is 10. The molecule has 1 atom stereocenters. The molecule has 3 aromatic rings. The van der Waals surface area contributed by atoms with Gasteiger partial charge in [0.2, 0.25) is 0 Å². The van der Waals surface area contributed by atoms with Crippen LogP contribution in [0, 0.1) is 0 Å². The number of nitrogens with one attached hydrogen (secondary N) is 1. The van der Waals surface area contributed by atoms with E-state index in [1.165, 1.54) is 11.1 Å². The van der Waals surface area contributed by atoms with Crippen molar-refractivity contribution in [3.8, 4) is 11.5 Å². The Kier molecular flexibility index (Phi) is 8.11. The van der Waals surface area contributed by atoms with Crippen LogP contribution in [0.4, 0.5) is 0 Å². The Hall–Kier alpha value is -3.00. The highest BCUT2D eigenvalue weighted by molar-refractivity contribution is 5.41. The van der Waals surface area contributed by atoms with E-state index in [9.17, 15) is 0 Å². The van der Waals surface area contributed by atoms with E-state index in [1.807, 2.05) is 30.3 Å². The summed E-state index contributed by atoms with van der Waals surface area (Å²) >= 11 is 0. The number of nitrogens with zero attached hydrogens (tertiary/aromatic N) is 2. The Morgan fingerprint density at radius 3 is 2.29 bits per heavy atom. The van der Waals surface area contributed by atoms with Crippen LogP contribution < -0.4 is 20.5 Å². The lowest BCUT2D eigenvalue weighted by atomic mass is 9.78. The lowest BCUT2D eigenvalue weighted by molar-refractivity contribution is 0.0218. The molecule has 7 nitrogen and oxygen atoms in total. The molecule has 2 aromatic carbocycles. The summed E-state index contributed by atoms with van der Waals surface area (Å²) in [6.45, 7) is 8.36. The average Bonchev–Trinajstić information content (AvgIpc) is 2.89. The van der Waals surface area contributed by atoms with Crippen LogP contribution >= 0.6 is 0 Å². The van der Waals surface area contributed by atoms with Crippen LogP contribution in [0.15, 0.2) is 60.8 Å². The SMILES string of the molecule is CC(C)(c1ccc(OCCCN)cc1)c1ccc(OCc2ccnc(C3CNCCO3)n2)cc1. The van der Waals surface area contributed by atoms with Crippen LogP contribution in [0.5, 0.6) is 11.5 Å². The minimum absolute atomic E-state index is 0.109. The molecule has 7 heteroatoms. The zero-order valence-electron chi connectivity index (χ0n) is 20.0. The minimum Gasteiger partial charge on any atom is -0.494 e. The van der Waals surface area contributed by atoms with Gasteiger partial charge in [-0.15, -0.1) is 0 Å². The molecule has 0 radical (unpaired) electrons. The Labute approximate surface area is 201 Å². The maximum absolute atomic E-state index is 6.00. The van der Waals surface area contributed by atoms with Crippen molar-refractivity contribution < 1.29 is 14.2 Å². The molecule has 0 amide bonds. The molecule has 0 bridgehead atoms. The molecule has 1 fully saturated rings. The maximum Gasteiger partial charge on any atom is 0.158 e. The fourth-order valence-corrected chi connectivity index (χ4v) is 3.91. The first-order valence-corrected chi connectivity index (χ1v) is 11.9. The van der Waals surface area contributed by atoms with Crippen molar-refractivity contribution in [2.24, 2.45) is 5.73 Å².